The predicted molar refractivity (Wildman–Crippen MR) is 72.3 cm³/mol. The molecule has 0 saturated carbocycles. The Balaban J connectivity index is 2.35. The Bertz CT molecular complexity index is 989. The predicted octanol–water partition coefficient (Wildman–Crippen LogP) is 1.55. The number of nitrogens with one attached hydrogen (secondary N) is 2. The lowest BCUT2D eigenvalue weighted by molar-refractivity contribution is 0.602. The summed E-state index contributed by atoms with van der Waals surface area (Å²) in [5.41, 5.74) is -1.52. The van der Waals surface area contributed by atoms with Crippen LogP contribution in [0.15, 0.2) is 21.7 Å². The number of rotatable bonds is 1. The molecule has 0 aliphatic heterocycles. The molecule has 0 aliphatic carbocycles. The van der Waals surface area contributed by atoms with Crippen LogP contribution in [0.1, 0.15) is 0 Å². The van der Waals surface area contributed by atoms with E-state index in [0.717, 1.165) is 16.7 Å². The first-order valence-corrected chi connectivity index (χ1v) is 6.10. The molecule has 0 fully saturated rings. The van der Waals surface area contributed by atoms with Crippen LogP contribution in [0.5, 0.6) is 0 Å². The van der Waals surface area contributed by atoms with E-state index in [-0.39, 0.29) is 27.6 Å². The van der Waals surface area contributed by atoms with Gasteiger partial charge in [0.05, 0.1) is 10.6 Å². The number of aromatic amines is 2. The van der Waals surface area contributed by atoms with Crippen molar-refractivity contribution in [1.82, 2.24) is 19.5 Å². The summed E-state index contributed by atoms with van der Waals surface area (Å²) in [4.78, 5) is 31.8. The van der Waals surface area contributed by atoms with E-state index in [1.54, 1.807) is 0 Å². The van der Waals surface area contributed by atoms with Gasteiger partial charge in [0.15, 0.2) is 5.65 Å². The molecule has 1 aromatic carbocycles. The Morgan fingerprint density at radius 3 is 2.62 bits per heavy atom. The number of hydrogen-bond donors (Lipinski definition) is 2. The largest absolute Gasteiger partial charge is 0.332 e. The molecule has 0 spiro atoms. The second-order valence-corrected chi connectivity index (χ2v) is 4.76. The van der Waals surface area contributed by atoms with Crippen LogP contribution in [-0.2, 0) is 7.05 Å². The quantitative estimate of drug-likeness (QED) is 0.669. The topological polar surface area (TPSA) is 83.5 Å². The second-order valence-electron chi connectivity index (χ2n) is 4.35. The van der Waals surface area contributed by atoms with E-state index in [4.69, 9.17) is 11.6 Å². The molecule has 0 amide bonds. The van der Waals surface area contributed by atoms with Crippen molar-refractivity contribution in [1.29, 1.82) is 0 Å². The molecule has 3 rings (SSSR count). The first-order valence-electron chi connectivity index (χ1n) is 5.72. The molecular weight excluding hydrogens is 306 g/mol. The van der Waals surface area contributed by atoms with Gasteiger partial charge in [-0.25, -0.2) is 18.6 Å². The highest BCUT2D eigenvalue weighted by Crippen LogP contribution is 2.26. The van der Waals surface area contributed by atoms with Gasteiger partial charge in [-0.15, -0.1) is 0 Å². The minimum absolute atomic E-state index is 0.0122. The highest BCUT2D eigenvalue weighted by atomic mass is 35.5. The lowest BCUT2D eigenvalue weighted by Gasteiger charge is -2.01. The number of imidazole rings is 1. The van der Waals surface area contributed by atoms with Gasteiger partial charge in [0.1, 0.15) is 23.0 Å². The zero-order chi connectivity index (χ0) is 15.3. The Morgan fingerprint density at radius 1 is 1.19 bits per heavy atom. The molecule has 3 aromatic rings. The third-order valence-corrected chi connectivity index (χ3v) is 3.31. The first-order chi connectivity index (χ1) is 9.88. The lowest BCUT2D eigenvalue weighted by atomic mass is 10.2. The van der Waals surface area contributed by atoms with Crippen molar-refractivity contribution in [3.05, 3.63) is 49.6 Å². The Kier molecular flexibility index (Phi) is 2.91. The average molecular weight is 313 g/mol. The van der Waals surface area contributed by atoms with Crippen LogP contribution in [0.4, 0.5) is 8.78 Å². The smallest absolute Gasteiger partial charge is 0.329 e. The zero-order valence-corrected chi connectivity index (χ0v) is 11.3. The molecule has 108 valence electrons. The molecule has 0 radical (unpaired) electrons. The van der Waals surface area contributed by atoms with E-state index in [9.17, 15) is 18.4 Å². The molecule has 6 nitrogen and oxygen atoms in total. The van der Waals surface area contributed by atoms with Crippen molar-refractivity contribution >= 4 is 22.8 Å². The Hall–Kier alpha value is -2.48. The molecule has 0 saturated heterocycles. The van der Waals surface area contributed by atoms with Gasteiger partial charge < -0.3 is 4.98 Å². The second kappa shape index (κ2) is 4.52. The summed E-state index contributed by atoms with van der Waals surface area (Å²) in [5.74, 6) is -1.71. The van der Waals surface area contributed by atoms with Crippen LogP contribution in [-0.4, -0.2) is 19.5 Å². The molecule has 2 N–H and O–H groups in total. The van der Waals surface area contributed by atoms with Crippen molar-refractivity contribution in [3.8, 4) is 11.4 Å². The van der Waals surface area contributed by atoms with Crippen LogP contribution in [0.25, 0.3) is 22.6 Å². The maximum atomic E-state index is 13.9. The third kappa shape index (κ3) is 2.04. The van der Waals surface area contributed by atoms with Gasteiger partial charge >= 0.3 is 5.69 Å². The number of halogens is 3. The van der Waals surface area contributed by atoms with Gasteiger partial charge in [0.2, 0.25) is 0 Å². The minimum atomic E-state index is -0.823. The van der Waals surface area contributed by atoms with Crippen LogP contribution in [0.3, 0.4) is 0 Å². The van der Waals surface area contributed by atoms with Crippen LogP contribution < -0.4 is 11.2 Å². The number of hydrogen-bond acceptors (Lipinski definition) is 3. The van der Waals surface area contributed by atoms with E-state index in [1.165, 1.54) is 7.05 Å². The van der Waals surface area contributed by atoms with E-state index in [2.05, 4.69) is 15.0 Å². The summed E-state index contributed by atoms with van der Waals surface area (Å²) >= 11 is 5.48. The number of aryl methyl sites for hydroxylation is 1. The number of aromatic nitrogens is 4. The van der Waals surface area contributed by atoms with Gasteiger partial charge in [-0.1, -0.05) is 11.6 Å². The molecular formula is C12H7ClF2N4O2. The number of H-pyrrole nitrogens is 2. The minimum Gasteiger partial charge on any atom is -0.332 e. The molecule has 0 bridgehead atoms. The molecule has 0 atom stereocenters. The fourth-order valence-corrected chi connectivity index (χ4v) is 2.09. The van der Waals surface area contributed by atoms with E-state index in [1.807, 2.05) is 0 Å². The summed E-state index contributed by atoms with van der Waals surface area (Å²) in [6.07, 6.45) is 0. The third-order valence-electron chi connectivity index (χ3n) is 3.02. The average Bonchev–Trinajstić information content (AvgIpc) is 2.86. The van der Waals surface area contributed by atoms with Crippen molar-refractivity contribution in [2.24, 2.45) is 7.05 Å². The van der Waals surface area contributed by atoms with Crippen LogP contribution in [0.2, 0.25) is 5.02 Å². The fraction of sp³-hybridized carbons (Fsp3) is 0.0833. The normalized spacial score (nSPS) is 11.2. The summed E-state index contributed by atoms with van der Waals surface area (Å²) in [7, 11) is 1.39. The van der Waals surface area contributed by atoms with Crippen LogP contribution in [0, 0.1) is 11.6 Å². The summed E-state index contributed by atoms with van der Waals surface area (Å²) in [6.45, 7) is 0. The first kappa shape index (κ1) is 13.5. The summed E-state index contributed by atoms with van der Waals surface area (Å²) in [6, 6.07) is 1.67. The lowest BCUT2D eigenvalue weighted by Crippen LogP contribution is -2.28. The van der Waals surface area contributed by atoms with E-state index in [0.29, 0.717) is 0 Å². The monoisotopic (exact) mass is 312 g/mol. The fourth-order valence-electron chi connectivity index (χ4n) is 1.94. The van der Waals surface area contributed by atoms with Crippen molar-refractivity contribution in [2.75, 3.05) is 0 Å². The maximum absolute atomic E-state index is 13.9. The summed E-state index contributed by atoms with van der Waals surface area (Å²) < 4.78 is 28.4. The number of benzene rings is 1. The van der Waals surface area contributed by atoms with Crippen molar-refractivity contribution in [3.63, 3.8) is 0 Å². The highest BCUT2D eigenvalue weighted by molar-refractivity contribution is 6.30. The van der Waals surface area contributed by atoms with E-state index < -0.39 is 22.9 Å². The molecule has 0 unspecified atom stereocenters. The Morgan fingerprint density at radius 2 is 1.90 bits per heavy atom. The van der Waals surface area contributed by atoms with Crippen molar-refractivity contribution < 1.29 is 8.78 Å². The van der Waals surface area contributed by atoms with Crippen molar-refractivity contribution in [2.45, 2.75) is 0 Å². The van der Waals surface area contributed by atoms with Gasteiger partial charge in [-0.3, -0.25) is 14.3 Å². The van der Waals surface area contributed by atoms with Crippen LogP contribution >= 0.6 is 11.6 Å². The molecule has 9 heteroatoms. The molecule has 0 aliphatic rings. The maximum Gasteiger partial charge on any atom is 0.329 e. The zero-order valence-electron chi connectivity index (χ0n) is 10.5. The molecule has 21 heavy (non-hydrogen) atoms. The van der Waals surface area contributed by atoms with E-state index >= 15 is 0 Å². The van der Waals surface area contributed by atoms with Gasteiger partial charge in [0, 0.05) is 7.05 Å². The standard InChI is InChI=1S/C12H7ClF2N4O2/c1-19-10-8(11(20)18-12(19)21)16-9(17-10)4-2-7(15)5(13)3-6(4)14/h2-3H,1H3,(H,16,17)(H,18,20,21). The highest BCUT2D eigenvalue weighted by Gasteiger charge is 2.16. The SMILES string of the molecule is Cn1c(=O)[nH]c(=O)c2[nH]c(-c3cc(F)c(Cl)cc3F)nc21. The summed E-state index contributed by atoms with van der Waals surface area (Å²) in [5, 5.41) is -0.363. The van der Waals surface area contributed by atoms with Gasteiger partial charge in [0.25, 0.3) is 5.56 Å². The number of fused-ring (bicyclic) bond motifs is 1. The Labute approximate surface area is 120 Å². The van der Waals surface area contributed by atoms with Gasteiger partial charge in [-0.05, 0) is 12.1 Å². The molecule has 2 aromatic heterocycles. The van der Waals surface area contributed by atoms with Gasteiger partial charge in [-0.2, -0.15) is 0 Å². The number of nitrogens with zero attached hydrogens (tertiary/aromatic N) is 2. The molecule has 2 heterocycles.